The SMILES string of the molecule is CCCCCCCCOC(CCCCCN(CCCCCC(=O)NCC(CCCCCC)CCCCCC)CCN(CCO)C1CCC1)OCCCCCCCC. The zero-order valence-corrected chi connectivity index (χ0v) is 39.0. The van der Waals surface area contributed by atoms with Gasteiger partial charge in [-0.3, -0.25) is 9.69 Å². The lowest BCUT2D eigenvalue weighted by Crippen LogP contribution is -2.45. The predicted molar refractivity (Wildman–Crippen MR) is 246 cm³/mol. The van der Waals surface area contributed by atoms with Crippen molar-refractivity contribution >= 4 is 5.91 Å². The second kappa shape index (κ2) is 42.0. The summed E-state index contributed by atoms with van der Waals surface area (Å²) in [5.41, 5.74) is 0. The molecule has 0 unspecified atom stereocenters. The van der Waals surface area contributed by atoms with E-state index < -0.39 is 0 Å². The van der Waals surface area contributed by atoms with E-state index in [2.05, 4.69) is 42.8 Å². The largest absolute Gasteiger partial charge is 0.395 e. The first kappa shape index (κ1) is 54.3. The van der Waals surface area contributed by atoms with Crippen molar-refractivity contribution in [2.45, 2.75) is 252 Å². The van der Waals surface area contributed by atoms with Crippen molar-refractivity contribution in [1.29, 1.82) is 0 Å². The van der Waals surface area contributed by atoms with Gasteiger partial charge in [0.25, 0.3) is 0 Å². The van der Waals surface area contributed by atoms with Crippen LogP contribution in [0.4, 0.5) is 0 Å². The molecule has 340 valence electrons. The van der Waals surface area contributed by atoms with Crippen molar-refractivity contribution in [3.8, 4) is 0 Å². The molecule has 1 aliphatic rings. The fraction of sp³-hybridized carbons (Fsp3) is 0.980. The number of carbonyl (C=O) groups excluding carboxylic acids is 1. The van der Waals surface area contributed by atoms with Crippen LogP contribution in [-0.2, 0) is 14.3 Å². The molecule has 7 heteroatoms. The van der Waals surface area contributed by atoms with Crippen molar-refractivity contribution in [2.75, 3.05) is 59.1 Å². The minimum Gasteiger partial charge on any atom is -0.395 e. The van der Waals surface area contributed by atoms with E-state index >= 15 is 0 Å². The summed E-state index contributed by atoms with van der Waals surface area (Å²) in [6, 6.07) is 0.661. The monoisotopic (exact) mass is 808 g/mol. The number of carbonyl (C=O) groups is 1. The van der Waals surface area contributed by atoms with Gasteiger partial charge in [0.05, 0.1) is 6.61 Å². The first-order valence-corrected chi connectivity index (χ1v) is 25.6. The highest BCUT2D eigenvalue weighted by Crippen LogP contribution is 2.24. The molecule has 1 aliphatic carbocycles. The summed E-state index contributed by atoms with van der Waals surface area (Å²) in [5, 5.41) is 13.1. The average molecular weight is 808 g/mol. The number of nitrogens with one attached hydrogen (secondary N) is 1. The van der Waals surface area contributed by atoms with Crippen molar-refractivity contribution in [3.05, 3.63) is 0 Å². The van der Waals surface area contributed by atoms with Crippen LogP contribution in [0.1, 0.15) is 240 Å². The van der Waals surface area contributed by atoms with Gasteiger partial charge in [0.15, 0.2) is 6.29 Å². The standard InChI is InChI=1S/C50H101N3O4/c1-5-9-13-17-19-29-44-56-50(57-45-30-20-18-14-10-6-2)37-26-22-28-39-52(40-41-53(42-43-54)48-34-31-35-48)38-27-21-25-36-49(55)51-46-47(32-23-15-11-7-3)33-24-16-12-8-4/h47-48,50,54H,5-46H2,1-4H3,(H,51,55). The van der Waals surface area contributed by atoms with Crippen LogP contribution in [0, 0.1) is 5.92 Å². The van der Waals surface area contributed by atoms with Crippen LogP contribution in [-0.4, -0.2) is 92.2 Å². The van der Waals surface area contributed by atoms with Crippen molar-refractivity contribution in [3.63, 3.8) is 0 Å². The highest BCUT2D eigenvalue weighted by molar-refractivity contribution is 5.75. The molecule has 57 heavy (non-hydrogen) atoms. The average Bonchev–Trinajstić information content (AvgIpc) is 3.19. The number of nitrogens with zero attached hydrogens (tertiary/aromatic N) is 2. The molecule has 1 fully saturated rings. The summed E-state index contributed by atoms with van der Waals surface area (Å²) < 4.78 is 12.7. The third-order valence-electron chi connectivity index (χ3n) is 12.6. The molecule has 0 atom stereocenters. The molecule has 0 radical (unpaired) electrons. The summed E-state index contributed by atoms with van der Waals surface area (Å²) in [7, 11) is 0. The van der Waals surface area contributed by atoms with Gasteiger partial charge in [0.1, 0.15) is 0 Å². The number of rotatable bonds is 46. The maximum Gasteiger partial charge on any atom is 0.220 e. The zero-order chi connectivity index (χ0) is 41.3. The number of aliphatic hydroxyl groups excluding tert-OH is 1. The van der Waals surface area contributed by atoms with Gasteiger partial charge in [-0.05, 0) is 89.6 Å². The third-order valence-corrected chi connectivity index (χ3v) is 12.6. The van der Waals surface area contributed by atoms with Gasteiger partial charge in [-0.25, -0.2) is 0 Å². The van der Waals surface area contributed by atoms with E-state index in [1.807, 2.05) is 0 Å². The Morgan fingerprint density at radius 2 is 1.04 bits per heavy atom. The summed E-state index contributed by atoms with van der Waals surface area (Å²) in [4.78, 5) is 18.1. The van der Waals surface area contributed by atoms with E-state index in [4.69, 9.17) is 9.47 Å². The van der Waals surface area contributed by atoms with E-state index in [1.54, 1.807) is 0 Å². The van der Waals surface area contributed by atoms with Gasteiger partial charge in [-0.1, -0.05) is 163 Å². The van der Waals surface area contributed by atoms with Crippen LogP contribution in [0.3, 0.4) is 0 Å². The number of unbranched alkanes of at least 4 members (excludes halogenated alkanes) is 20. The molecule has 0 aliphatic heterocycles. The first-order valence-electron chi connectivity index (χ1n) is 25.6. The topological polar surface area (TPSA) is 74.3 Å². The Hall–Kier alpha value is -0.730. The normalized spacial score (nSPS) is 13.5. The number of aliphatic hydroxyl groups is 1. The summed E-state index contributed by atoms with van der Waals surface area (Å²) in [6.07, 6.45) is 40.8. The van der Waals surface area contributed by atoms with E-state index in [1.165, 1.54) is 161 Å². The van der Waals surface area contributed by atoms with Gasteiger partial charge in [0.2, 0.25) is 5.91 Å². The second-order valence-electron chi connectivity index (χ2n) is 17.9. The van der Waals surface area contributed by atoms with Crippen LogP contribution in [0.25, 0.3) is 0 Å². The molecule has 1 amide bonds. The summed E-state index contributed by atoms with van der Waals surface area (Å²) >= 11 is 0. The summed E-state index contributed by atoms with van der Waals surface area (Å²) in [5.74, 6) is 0.895. The molecule has 7 nitrogen and oxygen atoms in total. The van der Waals surface area contributed by atoms with Gasteiger partial charge >= 0.3 is 0 Å². The molecule has 0 aromatic carbocycles. The van der Waals surface area contributed by atoms with Crippen LogP contribution in [0.15, 0.2) is 0 Å². The van der Waals surface area contributed by atoms with E-state index in [0.717, 1.165) is 97.4 Å². The minimum absolute atomic E-state index is 0.0541. The zero-order valence-electron chi connectivity index (χ0n) is 39.0. The Morgan fingerprint density at radius 1 is 0.561 bits per heavy atom. The molecule has 2 N–H and O–H groups in total. The fourth-order valence-corrected chi connectivity index (χ4v) is 8.41. The molecular formula is C50H101N3O4. The molecule has 1 rings (SSSR count). The molecule has 0 heterocycles. The van der Waals surface area contributed by atoms with Crippen LogP contribution in [0.2, 0.25) is 0 Å². The number of hydrogen-bond acceptors (Lipinski definition) is 6. The van der Waals surface area contributed by atoms with Crippen molar-refractivity contribution in [1.82, 2.24) is 15.1 Å². The number of amides is 1. The quantitative estimate of drug-likeness (QED) is 0.0471. The Morgan fingerprint density at radius 3 is 1.54 bits per heavy atom. The molecule has 0 saturated heterocycles. The van der Waals surface area contributed by atoms with Crippen LogP contribution < -0.4 is 5.32 Å². The van der Waals surface area contributed by atoms with E-state index in [9.17, 15) is 9.90 Å². The Bertz CT molecular complexity index is 797. The Labute approximate surface area is 356 Å². The molecule has 0 bridgehead atoms. The first-order chi connectivity index (χ1) is 28.1. The molecule has 0 aromatic rings. The molecular weight excluding hydrogens is 707 g/mol. The molecule has 0 aromatic heterocycles. The minimum atomic E-state index is -0.0541. The highest BCUT2D eigenvalue weighted by Gasteiger charge is 2.24. The smallest absolute Gasteiger partial charge is 0.220 e. The lowest BCUT2D eigenvalue weighted by Gasteiger charge is -2.38. The van der Waals surface area contributed by atoms with Crippen LogP contribution >= 0.6 is 0 Å². The lowest BCUT2D eigenvalue weighted by atomic mass is 9.91. The highest BCUT2D eigenvalue weighted by atomic mass is 16.7. The van der Waals surface area contributed by atoms with Gasteiger partial charge in [-0.2, -0.15) is 0 Å². The predicted octanol–water partition coefficient (Wildman–Crippen LogP) is 13.0. The maximum absolute atomic E-state index is 12.9. The number of hydrogen-bond donors (Lipinski definition) is 2. The van der Waals surface area contributed by atoms with E-state index in [-0.39, 0.29) is 18.8 Å². The molecule has 0 spiro atoms. The van der Waals surface area contributed by atoms with Gasteiger partial charge < -0.3 is 24.8 Å². The van der Waals surface area contributed by atoms with E-state index in [0.29, 0.717) is 18.4 Å². The lowest BCUT2D eigenvalue weighted by molar-refractivity contribution is -0.148. The Balaban J connectivity index is 2.52. The van der Waals surface area contributed by atoms with Crippen molar-refractivity contribution in [2.24, 2.45) is 5.92 Å². The maximum atomic E-state index is 12.9. The van der Waals surface area contributed by atoms with Gasteiger partial charge in [0, 0.05) is 51.9 Å². The summed E-state index contributed by atoms with van der Waals surface area (Å²) in [6.45, 7) is 17.0. The van der Waals surface area contributed by atoms with Crippen LogP contribution in [0.5, 0.6) is 0 Å². The number of ether oxygens (including phenoxy) is 2. The second-order valence-corrected chi connectivity index (χ2v) is 17.9. The van der Waals surface area contributed by atoms with Crippen molar-refractivity contribution < 1.29 is 19.4 Å². The molecule has 1 saturated carbocycles. The third kappa shape index (κ3) is 33.7. The fourth-order valence-electron chi connectivity index (χ4n) is 8.41. The Kier molecular flexibility index (Phi) is 40.0. The van der Waals surface area contributed by atoms with Gasteiger partial charge in [-0.15, -0.1) is 0 Å².